The Labute approximate surface area is 110 Å². The van der Waals surface area contributed by atoms with Crippen LogP contribution in [0.15, 0.2) is 35.2 Å². The molecule has 1 aromatic rings. The van der Waals surface area contributed by atoms with Crippen LogP contribution in [0.2, 0.25) is 0 Å². The molecule has 0 aromatic heterocycles. The summed E-state index contributed by atoms with van der Waals surface area (Å²) in [6.45, 7) is 3.68. The minimum Gasteiger partial charge on any atom is -0.438 e. The third-order valence-electron chi connectivity index (χ3n) is 2.81. The van der Waals surface area contributed by atoms with Crippen molar-refractivity contribution in [3.63, 3.8) is 0 Å². The Bertz CT molecular complexity index is 412. The topological polar surface area (TPSA) is 52.6 Å². The monoisotopic (exact) mass is 270 g/mol. The van der Waals surface area contributed by atoms with Gasteiger partial charge in [0.1, 0.15) is 0 Å². The highest BCUT2D eigenvalue weighted by Crippen LogP contribution is 2.30. The average molecular weight is 270 g/mol. The second kappa shape index (κ2) is 6.54. The molecule has 0 aliphatic heterocycles. The molecule has 0 saturated carbocycles. The van der Waals surface area contributed by atoms with E-state index in [1.54, 1.807) is 24.3 Å². The number of benzene rings is 1. The maximum atomic E-state index is 12.6. The first-order valence-electron chi connectivity index (χ1n) is 5.83. The lowest BCUT2D eigenvalue weighted by atomic mass is 10.2. The molecule has 0 heterocycles. The molecule has 0 amide bonds. The van der Waals surface area contributed by atoms with Gasteiger partial charge in [0.2, 0.25) is 0 Å². The first kappa shape index (κ1) is 14.7. The third-order valence-corrected chi connectivity index (χ3v) is 4.85. The molecule has 0 aliphatic rings. The van der Waals surface area contributed by atoms with Crippen LogP contribution < -0.4 is 0 Å². The highest BCUT2D eigenvalue weighted by molar-refractivity contribution is 7.86. The van der Waals surface area contributed by atoms with Gasteiger partial charge in [0, 0.05) is 4.90 Å². The molecule has 0 aliphatic carbocycles. The molecule has 18 heavy (non-hydrogen) atoms. The van der Waals surface area contributed by atoms with Gasteiger partial charge in [-0.25, -0.2) is 4.79 Å². The highest BCUT2D eigenvalue weighted by atomic mass is 32.2. The Morgan fingerprint density at radius 3 is 2.22 bits per heavy atom. The van der Waals surface area contributed by atoms with Gasteiger partial charge in [0.25, 0.3) is 0 Å². The number of methoxy groups -OCH3 is 1. The predicted octanol–water partition coefficient (Wildman–Crippen LogP) is 3.09. The van der Waals surface area contributed by atoms with Crippen LogP contribution in [0.1, 0.15) is 26.7 Å². The zero-order valence-electron chi connectivity index (χ0n) is 10.8. The molecule has 0 radical (unpaired) electrons. The summed E-state index contributed by atoms with van der Waals surface area (Å²) < 4.78 is 22.3. The molecular formula is C13H18O4S. The summed E-state index contributed by atoms with van der Waals surface area (Å²) in [4.78, 5) is 10.9. The van der Waals surface area contributed by atoms with E-state index in [2.05, 4.69) is 4.74 Å². The minimum atomic E-state index is -1.43. The van der Waals surface area contributed by atoms with Gasteiger partial charge in [-0.05, 0) is 25.0 Å². The highest BCUT2D eigenvalue weighted by Gasteiger charge is 2.38. The quantitative estimate of drug-likeness (QED) is 0.771. The molecule has 0 bridgehead atoms. The van der Waals surface area contributed by atoms with Crippen LogP contribution in [0.25, 0.3) is 0 Å². The van der Waals surface area contributed by atoms with Crippen LogP contribution in [0.3, 0.4) is 0 Å². The van der Waals surface area contributed by atoms with Crippen LogP contribution in [0, 0.1) is 0 Å². The van der Waals surface area contributed by atoms with Gasteiger partial charge in [0.05, 0.1) is 17.9 Å². The standard InChI is InChI=1S/C13H18O4S/c1-4-13(5-2,17-12(14)16-3)18(15)11-9-7-6-8-10-11/h6-10H,4-5H2,1-3H3. The largest absolute Gasteiger partial charge is 0.509 e. The Hall–Kier alpha value is -1.36. The van der Waals surface area contributed by atoms with E-state index >= 15 is 0 Å². The van der Waals surface area contributed by atoms with Gasteiger partial charge in [-0.2, -0.15) is 0 Å². The summed E-state index contributed by atoms with van der Waals surface area (Å²) in [6, 6.07) is 8.98. The SMILES string of the molecule is CCC(CC)(OC(=O)OC)S(=O)c1ccccc1. The maximum Gasteiger partial charge on any atom is 0.509 e. The predicted molar refractivity (Wildman–Crippen MR) is 69.7 cm³/mol. The van der Waals surface area contributed by atoms with Crippen LogP contribution in [0.5, 0.6) is 0 Å². The molecule has 4 nitrogen and oxygen atoms in total. The molecule has 1 rings (SSSR count). The smallest absolute Gasteiger partial charge is 0.438 e. The van der Waals surface area contributed by atoms with E-state index in [0.717, 1.165) is 0 Å². The fourth-order valence-corrected chi connectivity index (χ4v) is 3.15. The number of hydrogen-bond donors (Lipinski definition) is 0. The minimum absolute atomic E-state index is 0.458. The van der Waals surface area contributed by atoms with Crippen LogP contribution in [0.4, 0.5) is 4.79 Å². The van der Waals surface area contributed by atoms with E-state index in [4.69, 9.17) is 4.74 Å². The van der Waals surface area contributed by atoms with E-state index in [-0.39, 0.29) is 0 Å². The molecule has 0 spiro atoms. The molecular weight excluding hydrogens is 252 g/mol. The van der Waals surface area contributed by atoms with Crippen molar-refractivity contribution in [1.29, 1.82) is 0 Å². The van der Waals surface area contributed by atoms with E-state index in [9.17, 15) is 9.00 Å². The maximum absolute atomic E-state index is 12.6. The summed E-state index contributed by atoms with van der Waals surface area (Å²) in [5, 5.41) is 0. The van der Waals surface area contributed by atoms with E-state index < -0.39 is 21.9 Å². The molecule has 5 heteroatoms. The molecule has 1 unspecified atom stereocenters. The first-order chi connectivity index (χ1) is 8.59. The lowest BCUT2D eigenvalue weighted by Crippen LogP contribution is -2.38. The number of rotatable bonds is 5. The van der Waals surface area contributed by atoms with Gasteiger partial charge in [-0.1, -0.05) is 32.0 Å². The van der Waals surface area contributed by atoms with Gasteiger partial charge in [0.15, 0.2) is 4.93 Å². The van der Waals surface area contributed by atoms with Crippen molar-refractivity contribution in [1.82, 2.24) is 0 Å². The van der Waals surface area contributed by atoms with Gasteiger partial charge in [-0.3, -0.25) is 4.21 Å². The van der Waals surface area contributed by atoms with E-state index in [1.165, 1.54) is 7.11 Å². The van der Waals surface area contributed by atoms with Gasteiger partial charge in [-0.15, -0.1) is 0 Å². The second-order valence-electron chi connectivity index (χ2n) is 3.76. The summed E-state index contributed by atoms with van der Waals surface area (Å²) in [6.07, 6.45) is 0.114. The van der Waals surface area contributed by atoms with Crippen LogP contribution >= 0.6 is 0 Å². The lowest BCUT2D eigenvalue weighted by Gasteiger charge is -2.29. The fraction of sp³-hybridized carbons (Fsp3) is 0.462. The molecule has 100 valence electrons. The second-order valence-corrected chi connectivity index (χ2v) is 5.51. The van der Waals surface area contributed by atoms with Crippen LogP contribution in [-0.4, -0.2) is 22.4 Å². The number of ether oxygens (including phenoxy) is 2. The lowest BCUT2D eigenvalue weighted by molar-refractivity contribution is 0.0153. The Balaban J connectivity index is 3.04. The van der Waals surface area contributed by atoms with Crippen molar-refractivity contribution in [2.75, 3.05) is 7.11 Å². The summed E-state index contributed by atoms with van der Waals surface area (Å²) >= 11 is 0. The molecule has 0 saturated heterocycles. The van der Waals surface area contributed by atoms with Gasteiger partial charge < -0.3 is 9.47 Å². The van der Waals surface area contributed by atoms with Crippen molar-refractivity contribution in [3.05, 3.63) is 30.3 Å². The molecule has 0 fully saturated rings. The number of carbonyl (C=O) groups excluding carboxylic acids is 1. The molecule has 1 atom stereocenters. The number of hydrogen-bond acceptors (Lipinski definition) is 4. The van der Waals surface area contributed by atoms with Crippen molar-refractivity contribution in [3.8, 4) is 0 Å². The third kappa shape index (κ3) is 3.10. The Kier molecular flexibility index (Phi) is 5.34. The zero-order chi connectivity index (χ0) is 13.6. The fourth-order valence-electron chi connectivity index (χ4n) is 1.65. The van der Waals surface area contributed by atoms with E-state index in [1.807, 2.05) is 19.9 Å². The van der Waals surface area contributed by atoms with E-state index in [0.29, 0.717) is 17.7 Å². The Morgan fingerprint density at radius 1 is 1.22 bits per heavy atom. The van der Waals surface area contributed by atoms with Crippen LogP contribution in [-0.2, 0) is 20.3 Å². The molecule has 1 aromatic carbocycles. The molecule has 0 N–H and O–H groups in total. The Morgan fingerprint density at radius 2 is 1.78 bits per heavy atom. The average Bonchev–Trinajstić information content (AvgIpc) is 2.44. The first-order valence-corrected chi connectivity index (χ1v) is 6.98. The zero-order valence-corrected chi connectivity index (χ0v) is 11.7. The summed E-state index contributed by atoms with van der Waals surface area (Å²) in [5.74, 6) is 0. The van der Waals surface area contributed by atoms with Crippen molar-refractivity contribution in [2.45, 2.75) is 36.5 Å². The van der Waals surface area contributed by atoms with Gasteiger partial charge >= 0.3 is 6.16 Å². The summed E-state index contributed by atoms with van der Waals surface area (Å²) in [5.41, 5.74) is 0. The van der Waals surface area contributed by atoms with Crippen molar-refractivity contribution >= 4 is 17.0 Å². The summed E-state index contributed by atoms with van der Waals surface area (Å²) in [7, 11) is -0.185. The van der Waals surface area contributed by atoms with Crippen molar-refractivity contribution in [2.24, 2.45) is 0 Å². The normalized spacial score (nSPS) is 12.8. The number of carbonyl (C=O) groups is 1. The van der Waals surface area contributed by atoms with Crippen molar-refractivity contribution < 1.29 is 18.5 Å².